The molecule has 34 heavy (non-hydrogen) atoms. The third kappa shape index (κ3) is 7.04. The van der Waals surface area contributed by atoms with Gasteiger partial charge in [-0.1, -0.05) is 18.2 Å². The predicted octanol–water partition coefficient (Wildman–Crippen LogP) is 3.15. The molecule has 0 spiro atoms. The minimum absolute atomic E-state index is 0.0169. The van der Waals surface area contributed by atoms with Crippen molar-refractivity contribution in [3.8, 4) is 5.75 Å². The Kier molecular flexibility index (Phi) is 8.20. The lowest BCUT2D eigenvalue weighted by Crippen LogP contribution is -2.30. The largest absolute Gasteiger partial charge is 0.497 e. The Morgan fingerprint density at radius 1 is 0.971 bits per heavy atom. The Bertz CT molecular complexity index is 1250. The van der Waals surface area contributed by atoms with Crippen molar-refractivity contribution in [3.05, 3.63) is 89.7 Å². The first-order chi connectivity index (χ1) is 16.3. The number of carbonyl (C=O) groups is 2. The Labute approximate surface area is 196 Å². The first-order valence-electron chi connectivity index (χ1n) is 10.2. The number of hydrogen-bond donors (Lipinski definition) is 2. The van der Waals surface area contributed by atoms with Crippen LogP contribution in [0.15, 0.2) is 77.7 Å². The van der Waals surface area contributed by atoms with Gasteiger partial charge in [0.25, 0.3) is 15.9 Å². The number of rotatable bonds is 10. The van der Waals surface area contributed by atoms with Gasteiger partial charge in [0.05, 0.1) is 17.6 Å². The lowest BCUT2D eigenvalue weighted by Gasteiger charge is -2.10. The van der Waals surface area contributed by atoms with Gasteiger partial charge in [0.1, 0.15) is 11.6 Å². The van der Waals surface area contributed by atoms with E-state index in [0.29, 0.717) is 17.9 Å². The molecule has 2 N–H and O–H groups in total. The van der Waals surface area contributed by atoms with Crippen LogP contribution in [-0.4, -0.2) is 40.6 Å². The topological polar surface area (TPSA) is 111 Å². The molecule has 0 fully saturated rings. The molecule has 0 bridgehead atoms. The van der Waals surface area contributed by atoms with E-state index in [1.54, 1.807) is 36.4 Å². The van der Waals surface area contributed by atoms with Crippen LogP contribution >= 0.6 is 0 Å². The van der Waals surface area contributed by atoms with Gasteiger partial charge in [-0.05, 0) is 66.6 Å². The Hall–Kier alpha value is -3.92. The van der Waals surface area contributed by atoms with Gasteiger partial charge < -0.3 is 14.8 Å². The second kappa shape index (κ2) is 11.3. The van der Waals surface area contributed by atoms with E-state index in [9.17, 15) is 22.4 Å². The van der Waals surface area contributed by atoms with E-state index < -0.39 is 28.5 Å². The normalized spacial score (nSPS) is 10.9. The number of nitrogens with one attached hydrogen (secondary N) is 2. The third-order valence-corrected chi connectivity index (χ3v) is 6.08. The number of anilines is 1. The van der Waals surface area contributed by atoms with E-state index in [1.807, 2.05) is 0 Å². The summed E-state index contributed by atoms with van der Waals surface area (Å²) in [7, 11) is -2.46. The highest BCUT2D eigenvalue weighted by Crippen LogP contribution is 2.20. The van der Waals surface area contributed by atoms with Crippen molar-refractivity contribution in [2.75, 3.05) is 25.0 Å². The van der Waals surface area contributed by atoms with Crippen LogP contribution in [0.4, 0.5) is 10.1 Å². The van der Waals surface area contributed by atoms with Crippen LogP contribution in [0.5, 0.6) is 5.75 Å². The summed E-state index contributed by atoms with van der Waals surface area (Å²) in [6, 6.07) is 17.5. The van der Waals surface area contributed by atoms with Crippen LogP contribution in [0.25, 0.3) is 0 Å². The maximum Gasteiger partial charge on any atom is 0.338 e. The van der Waals surface area contributed by atoms with Crippen molar-refractivity contribution in [1.82, 2.24) is 5.32 Å². The predicted molar refractivity (Wildman–Crippen MR) is 124 cm³/mol. The van der Waals surface area contributed by atoms with Gasteiger partial charge in [0, 0.05) is 12.2 Å². The minimum atomic E-state index is -3.96. The summed E-state index contributed by atoms with van der Waals surface area (Å²) in [4.78, 5) is 24.1. The second-order valence-corrected chi connectivity index (χ2v) is 8.85. The highest BCUT2D eigenvalue weighted by molar-refractivity contribution is 7.92. The molecule has 0 aliphatic heterocycles. The maximum atomic E-state index is 12.9. The SMILES string of the molecule is COc1ccc(NS(=O)(=O)c2cccc(C(=O)OCC(=O)NCCc3ccc(F)cc3)c2)cc1. The van der Waals surface area contributed by atoms with E-state index in [1.165, 1.54) is 43.5 Å². The smallest absolute Gasteiger partial charge is 0.338 e. The molecular weight excluding hydrogens is 463 g/mol. The fourth-order valence-corrected chi connectivity index (χ4v) is 4.03. The van der Waals surface area contributed by atoms with Gasteiger partial charge in [-0.15, -0.1) is 0 Å². The zero-order chi connectivity index (χ0) is 24.6. The molecule has 0 radical (unpaired) electrons. The zero-order valence-electron chi connectivity index (χ0n) is 18.3. The van der Waals surface area contributed by atoms with Gasteiger partial charge >= 0.3 is 5.97 Å². The highest BCUT2D eigenvalue weighted by atomic mass is 32.2. The number of methoxy groups -OCH3 is 1. The zero-order valence-corrected chi connectivity index (χ0v) is 19.1. The minimum Gasteiger partial charge on any atom is -0.497 e. The molecule has 3 rings (SSSR count). The highest BCUT2D eigenvalue weighted by Gasteiger charge is 2.18. The summed E-state index contributed by atoms with van der Waals surface area (Å²) in [6.45, 7) is -0.240. The number of sulfonamides is 1. The standard InChI is InChI=1S/C24H23FN2O6S/c1-32-21-11-9-20(10-12-21)27-34(30,31)22-4-2-3-18(15-22)24(29)33-16-23(28)26-14-13-17-5-7-19(25)8-6-17/h2-12,15,27H,13-14,16H2,1H3,(H,26,28). The average molecular weight is 487 g/mol. The molecule has 0 aliphatic carbocycles. The molecule has 8 nitrogen and oxygen atoms in total. The lowest BCUT2D eigenvalue weighted by atomic mass is 10.1. The van der Waals surface area contributed by atoms with Crippen LogP contribution in [0.2, 0.25) is 0 Å². The van der Waals surface area contributed by atoms with E-state index in [4.69, 9.17) is 9.47 Å². The molecule has 0 saturated carbocycles. The maximum absolute atomic E-state index is 12.9. The first-order valence-corrected chi connectivity index (χ1v) is 11.7. The molecule has 0 atom stereocenters. The fourth-order valence-electron chi connectivity index (χ4n) is 2.93. The molecule has 0 aliphatic rings. The van der Waals surface area contributed by atoms with Gasteiger partial charge in [-0.3, -0.25) is 9.52 Å². The van der Waals surface area contributed by atoms with Crippen LogP contribution in [-0.2, 0) is 26.0 Å². The van der Waals surface area contributed by atoms with Gasteiger partial charge in [-0.2, -0.15) is 0 Å². The number of halogens is 1. The van der Waals surface area contributed by atoms with Crippen LogP contribution < -0.4 is 14.8 Å². The molecule has 0 aromatic heterocycles. The summed E-state index contributed by atoms with van der Waals surface area (Å²) in [5.74, 6) is -1.11. The molecule has 0 heterocycles. The third-order valence-electron chi connectivity index (χ3n) is 4.71. The van der Waals surface area contributed by atoms with Gasteiger partial charge in [-0.25, -0.2) is 17.6 Å². The van der Waals surface area contributed by atoms with Crippen LogP contribution in [0, 0.1) is 5.82 Å². The first kappa shape index (κ1) is 24.7. The van der Waals surface area contributed by atoms with E-state index >= 15 is 0 Å². The van der Waals surface area contributed by atoms with Crippen LogP contribution in [0.3, 0.4) is 0 Å². The molecule has 3 aromatic rings. The number of esters is 1. The molecule has 0 unspecified atom stereocenters. The number of ether oxygens (including phenoxy) is 2. The molecule has 10 heteroatoms. The summed E-state index contributed by atoms with van der Waals surface area (Å²) < 4.78 is 50.7. The van der Waals surface area contributed by atoms with Gasteiger partial charge in [0.15, 0.2) is 6.61 Å². The summed E-state index contributed by atoms with van der Waals surface area (Å²) in [5.41, 5.74) is 1.16. The summed E-state index contributed by atoms with van der Waals surface area (Å²) in [5, 5.41) is 2.60. The van der Waals surface area contributed by atoms with E-state index in [0.717, 1.165) is 5.56 Å². The quantitative estimate of drug-likeness (QED) is 0.426. The molecule has 0 saturated heterocycles. The van der Waals surface area contributed by atoms with E-state index in [-0.39, 0.29) is 22.8 Å². The Morgan fingerprint density at radius 2 is 1.68 bits per heavy atom. The average Bonchev–Trinajstić information content (AvgIpc) is 2.84. The molecular formula is C24H23FN2O6S. The van der Waals surface area contributed by atoms with Crippen molar-refractivity contribution < 1.29 is 31.9 Å². The number of benzene rings is 3. The van der Waals surface area contributed by atoms with Crippen molar-refractivity contribution in [2.45, 2.75) is 11.3 Å². The van der Waals surface area contributed by atoms with Crippen LogP contribution in [0.1, 0.15) is 15.9 Å². The van der Waals surface area contributed by atoms with Crippen molar-refractivity contribution in [3.63, 3.8) is 0 Å². The summed E-state index contributed by atoms with van der Waals surface area (Å²) >= 11 is 0. The Morgan fingerprint density at radius 3 is 2.35 bits per heavy atom. The molecule has 178 valence electrons. The lowest BCUT2D eigenvalue weighted by molar-refractivity contribution is -0.124. The second-order valence-electron chi connectivity index (χ2n) is 7.16. The monoisotopic (exact) mass is 486 g/mol. The number of carbonyl (C=O) groups excluding carboxylic acids is 2. The summed E-state index contributed by atoms with van der Waals surface area (Å²) in [6.07, 6.45) is 0.487. The van der Waals surface area contributed by atoms with Crippen molar-refractivity contribution in [1.29, 1.82) is 0 Å². The van der Waals surface area contributed by atoms with Crippen molar-refractivity contribution in [2.24, 2.45) is 0 Å². The molecule has 1 amide bonds. The Balaban J connectivity index is 1.52. The number of amides is 1. The molecule has 3 aromatic carbocycles. The van der Waals surface area contributed by atoms with E-state index in [2.05, 4.69) is 10.0 Å². The number of hydrogen-bond acceptors (Lipinski definition) is 6. The van der Waals surface area contributed by atoms with Gasteiger partial charge in [0.2, 0.25) is 0 Å². The van der Waals surface area contributed by atoms with Crippen molar-refractivity contribution >= 4 is 27.6 Å². The fraction of sp³-hybridized carbons (Fsp3) is 0.167.